The molecule has 1 aromatic rings. The Morgan fingerprint density at radius 2 is 1.93 bits per heavy atom. The minimum Gasteiger partial charge on any atom is -0.444 e. The van der Waals surface area contributed by atoms with Gasteiger partial charge in [-0.1, -0.05) is 0 Å². The summed E-state index contributed by atoms with van der Waals surface area (Å²) >= 11 is 0. The van der Waals surface area contributed by atoms with Crippen LogP contribution in [0.4, 0.5) is 29.5 Å². The van der Waals surface area contributed by atoms with E-state index in [2.05, 4.69) is 4.98 Å². The molecule has 2 amide bonds. The number of carbonyl (C=O) groups is 2. The molecule has 2 aliphatic heterocycles. The minimum absolute atomic E-state index is 0.0836. The van der Waals surface area contributed by atoms with Crippen LogP contribution in [0.2, 0.25) is 0 Å². The van der Waals surface area contributed by atoms with Gasteiger partial charge < -0.3 is 19.4 Å². The van der Waals surface area contributed by atoms with E-state index in [1.165, 1.54) is 11.9 Å². The minimum atomic E-state index is -4.54. The molecule has 148 valence electrons. The second kappa shape index (κ2) is 6.28. The number of pyridine rings is 1. The normalized spacial score (nSPS) is 20.3. The smallest absolute Gasteiger partial charge is 0.417 e. The number of piperazine rings is 1. The number of carbonyl (C=O) groups excluding carboxylic acids is 2. The zero-order valence-electron chi connectivity index (χ0n) is 15.5. The fourth-order valence-electron chi connectivity index (χ4n) is 3.15. The summed E-state index contributed by atoms with van der Waals surface area (Å²) in [4.78, 5) is 33.2. The molecule has 0 N–H and O–H groups in total. The fourth-order valence-corrected chi connectivity index (χ4v) is 3.15. The van der Waals surface area contributed by atoms with Crippen molar-refractivity contribution < 1.29 is 27.5 Å². The molecule has 2 aliphatic rings. The Hall–Kier alpha value is -2.52. The second-order valence-electron chi connectivity index (χ2n) is 7.60. The monoisotopic (exact) mass is 386 g/mol. The molecule has 1 aromatic heterocycles. The number of hydrogen-bond acceptors (Lipinski definition) is 5. The number of halogens is 3. The van der Waals surface area contributed by atoms with Gasteiger partial charge >= 0.3 is 12.3 Å². The molecule has 10 heteroatoms. The lowest BCUT2D eigenvalue weighted by molar-refractivity contribution is -0.138. The molecule has 0 spiro atoms. The Kier molecular flexibility index (Phi) is 4.47. The van der Waals surface area contributed by atoms with E-state index in [0.717, 1.165) is 17.2 Å². The third kappa shape index (κ3) is 3.65. The number of amides is 2. The van der Waals surface area contributed by atoms with Crippen LogP contribution in [0, 0.1) is 0 Å². The summed E-state index contributed by atoms with van der Waals surface area (Å²) < 4.78 is 44.3. The summed E-state index contributed by atoms with van der Waals surface area (Å²) in [6, 6.07) is 0.212. The third-order valence-corrected chi connectivity index (χ3v) is 4.46. The average Bonchev–Trinajstić information content (AvgIpc) is 2.56. The Bertz CT molecular complexity index is 776. The number of alkyl halides is 3. The van der Waals surface area contributed by atoms with Gasteiger partial charge in [0.2, 0.25) is 0 Å². The van der Waals surface area contributed by atoms with E-state index in [4.69, 9.17) is 4.74 Å². The van der Waals surface area contributed by atoms with Crippen molar-refractivity contribution in [1.82, 2.24) is 9.88 Å². The van der Waals surface area contributed by atoms with E-state index in [1.54, 1.807) is 25.7 Å². The van der Waals surface area contributed by atoms with Gasteiger partial charge in [-0.25, -0.2) is 9.78 Å². The molecule has 1 saturated heterocycles. The Morgan fingerprint density at radius 1 is 1.26 bits per heavy atom. The number of rotatable bonds is 0. The maximum absolute atomic E-state index is 13.0. The Labute approximate surface area is 154 Å². The van der Waals surface area contributed by atoms with Crippen LogP contribution in [0.1, 0.15) is 26.3 Å². The molecule has 0 saturated carbocycles. The Balaban J connectivity index is 1.87. The lowest BCUT2D eigenvalue weighted by atomic mass is 10.1. The van der Waals surface area contributed by atoms with Gasteiger partial charge in [-0.05, 0) is 26.8 Å². The van der Waals surface area contributed by atoms with E-state index in [9.17, 15) is 22.8 Å². The van der Waals surface area contributed by atoms with Crippen molar-refractivity contribution in [1.29, 1.82) is 0 Å². The quantitative estimate of drug-likeness (QED) is 0.686. The highest BCUT2D eigenvalue weighted by Crippen LogP contribution is 2.39. The van der Waals surface area contributed by atoms with Crippen LogP contribution in [0.15, 0.2) is 12.3 Å². The zero-order chi connectivity index (χ0) is 20.1. The maximum Gasteiger partial charge on any atom is 0.417 e. The van der Waals surface area contributed by atoms with Crippen molar-refractivity contribution in [2.24, 2.45) is 0 Å². The molecule has 0 bridgehead atoms. The molecule has 0 aliphatic carbocycles. The summed E-state index contributed by atoms with van der Waals surface area (Å²) in [5, 5.41) is 0. The fraction of sp³-hybridized carbons (Fsp3) is 0.588. The Morgan fingerprint density at radius 3 is 2.52 bits per heavy atom. The first-order valence-corrected chi connectivity index (χ1v) is 8.48. The number of fused-ring (bicyclic) bond motifs is 3. The van der Waals surface area contributed by atoms with Crippen LogP contribution in [0.3, 0.4) is 0 Å². The largest absolute Gasteiger partial charge is 0.444 e. The number of ether oxygens (including phenoxy) is 1. The van der Waals surface area contributed by atoms with E-state index in [0.29, 0.717) is 5.82 Å². The lowest BCUT2D eigenvalue weighted by Crippen LogP contribution is -2.63. The predicted octanol–water partition coefficient (Wildman–Crippen LogP) is 2.50. The third-order valence-electron chi connectivity index (χ3n) is 4.46. The first-order valence-electron chi connectivity index (χ1n) is 8.48. The van der Waals surface area contributed by atoms with Gasteiger partial charge in [0, 0.05) is 26.3 Å². The highest BCUT2D eigenvalue weighted by Gasteiger charge is 2.44. The van der Waals surface area contributed by atoms with E-state index >= 15 is 0 Å². The molecule has 0 aromatic carbocycles. The van der Waals surface area contributed by atoms with Crippen molar-refractivity contribution in [3.8, 4) is 0 Å². The second-order valence-corrected chi connectivity index (χ2v) is 7.60. The van der Waals surface area contributed by atoms with Crippen LogP contribution in [-0.4, -0.2) is 60.2 Å². The van der Waals surface area contributed by atoms with Crippen LogP contribution in [0.5, 0.6) is 0 Å². The number of hydrogen-bond donors (Lipinski definition) is 0. The van der Waals surface area contributed by atoms with E-state index in [1.807, 2.05) is 0 Å². The van der Waals surface area contributed by atoms with Crippen molar-refractivity contribution >= 4 is 23.5 Å². The highest BCUT2D eigenvalue weighted by atomic mass is 19.4. The van der Waals surface area contributed by atoms with Gasteiger partial charge in [0.25, 0.3) is 5.91 Å². The van der Waals surface area contributed by atoms with Gasteiger partial charge in [0.15, 0.2) is 5.82 Å². The number of anilines is 2. The lowest BCUT2D eigenvalue weighted by Gasteiger charge is -2.46. The molecule has 1 unspecified atom stereocenters. The van der Waals surface area contributed by atoms with E-state index in [-0.39, 0.29) is 25.3 Å². The maximum atomic E-state index is 13.0. The zero-order valence-corrected chi connectivity index (χ0v) is 15.5. The standard InChI is InChI=1S/C17H21F3N4O3/c1-16(2,3)27-15(26)23-5-6-24-12(9-23)14(25)22(4)11-7-10(17(18,19)20)8-21-13(11)24/h7-8,12H,5-6,9H2,1-4H3. The number of likely N-dealkylation sites (N-methyl/N-ethyl adjacent to an activating group) is 1. The van der Waals surface area contributed by atoms with Gasteiger partial charge in [-0.15, -0.1) is 0 Å². The average molecular weight is 386 g/mol. The van der Waals surface area contributed by atoms with Crippen molar-refractivity contribution in [2.45, 2.75) is 38.6 Å². The first-order chi connectivity index (χ1) is 12.4. The van der Waals surface area contributed by atoms with Crippen LogP contribution in [-0.2, 0) is 15.7 Å². The molecule has 3 heterocycles. The molecule has 1 atom stereocenters. The number of aromatic nitrogens is 1. The van der Waals surface area contributed by atoms with Gasteiger partial charge in [0.05, 0.1) is 17.8 Å². The number of nitrogens with zero attached hydrogens (tertiary/aromatic N) is 4. The molecule has 1 fully saturated rings. The summed E-state index contributed by atoms with van der Waals surface area (Å²) in [5.41, 5.74) is -1.47. The molecular formula is C17H21F3N4O3. The van der Waals surface area contributed by atoms with Crippen LogP contribution in [0.25, 0.3) is 0 Å². The molecule has 27 heavy (non-hydrogen) atoms. The summed E-state index contributed by atoms with van der Waals surface area (Å²) in [5.74, 6) is -0.0872. The molecule has 3 rings (SSSR count). The summed E-state index contributed by atoms with van der Waals surface area (Å²) in [7, 11) is 1.41. The summed E-state index contributed by atoms with van der Waals surface area (Å²) in [6.45, 7) is 5.89. The predicted molar refractivity (Wildman–Crippen MR) is 91.6 cm³/mol. The van der Waals surface area contributed by atoms with Gasteiger partial charge in [-0.2, -0.15) is 13.2 Å². The topological polar surface area (TPSA) is 66.0 Å². The molecule has 7 nitrogen and oxygen atoms in total. The van der Waals surface area contributed by atoms with Crippen LogP contribution >= 0.6 is 0 Å². The SMILES string of the molecule is CN1C(=O)C2CN(C(=O)OC(C)(C)C)CCN2c2ncc(C(F)(F)F)cc21. The summed E-state index contributed by atoms with van der Waals surface area (Å²) in [6.07, 6.45) is -4.30. The van der Waals surface area contributed by atoms with Gasteiger partial charge in [0.1, 0.15) is 11.6 Å². The van der Waals surface area contributed by atoms with E-state index < -0.39 is 35.4 Å². The molecular weight excluding hydrogens is 365 g/mol. The molecule has 0 radical (unpaired) electrons. The van der Waals surface area contributed by atoms with Crippen molar-refractivity contribution in [3.63, 3.8) is 0 Å². The first kappa shape index (κ1) is 19.2. The van der Waals surface area contributed by atoms with Crippen molar-refractivity contribution in [3.05, 3.63) is 17.8 Å². The van der Waals surface area contributed by atoms with Crippen molar-refractivity contribution in [2.75, 3.05) is 36.5 Å². The highest BCUT2D eigenvalue weighted by molar-refractivity contribution is 6.05. The van der Waals surface area contributed by atoms with Gasteiger partial charge in [-0.3, -0.25) is 4.79 Å². The van der Waals surface area contributed by atoms with Crippen LogP contribution < -0.4 is 9.80 Å².